The molecule has 1 fully saturated rings. The van der Waals surface area contributed by atoms with E-state index in [9.17, 15) is 14.9 Å². The van der Waals surface area contributed by atoms with Crippen LogP contribution < -0.4 is 10.2 Å². The second-order valence-corrected chi connectivity index (χ2v) is 6.96. The normalized spacial score (nSPS) is 14.6. The fourth-order valence-corrected chi connectivity index (χ4v) is 3.33. The number of amides is 1. The van der Waals surface area contributed by atoms with E-state index in [1.54, 1.807) is 14.0 Å². The van der Waals surface area contributed by atoms with Crippen LogP contribution in [0.25, 0.3) is 0 Å². The molecule has 0 bridgehead atoms. The summed E-state index contributed by atoms with van der Waals surface area (Å²) in [6, 6.07) is 11.4. The van der Waals surface area contributed by atoms with Gasteiger partial charge in [0.05, 0.1) is 17.7 Å². The van der Waals surface area contributed by atoms with Gasteiger partial charge in [-0.3, -0.25) is 19.8 Å². The summed E-state index contributed by atoms with van der Waals surface area (Å²) in [6.07, 6.45) is 2.43. The Kier molecular flexibility index (Phi) is 6.56. The maximum absolute atomic E-state index is 12.3. The first-order valence-corrected chi connectivity index (χ1v) is 9.46. The van der Waals surface area contributed by atoms with E-state index >= 15 is 0 Å². The zero-order valence-electron chi connectivity index (χ0n) is 16.6. The lowest BCUT2D eigenvalue weighted by atomic mass is 10.1. The van der Waals surface area contributed by atoms with E-state index in [1.807, 2.05) is 18.2 Å². The Balaban J connectivity index is 1.74. The number of carbonyl (C=O) groups is 1. The quantitative estimate of drug-likeness (QED) is 0.440. The summed E-state index contributed by atoms with van der Waals surface area (Å²) in [4.78, 5) is 25.0. The molecule has 8 nitrogen and oxygen atoms in total. The van der Waals surface area contributed by atoms with Crippen molar-refractivity contribution in [2.45, 2.75) is 26.3 Å². The molecule has 152 valence electrons. The van der Waals surface area contributed by atoms with Crippen LogP contribution in [0.2, 0.25) is 0 Å². The molecule has 0 aliphatic carbocycles. The van der Waals surface area contributed by atoms with Crippen LogP contribution in [0.4, 0.5) is 5.69 Å². The third-order valence-corrected chi connectivity index (χ3v) is 4.94. The Morgan fingerprint density at radius 3 is 2.66 bits per heavy atom. The lowest BCUT2D eigenvalue weighted by Gasteiger charge is -2.17. The van der Waals surface area contributed by atoms with Crippen molar-refractivity contribution in [3.63, 3.8) is 0 Å². The Morgan fingerprint density at radius 1 is 1.21 bits per heavy atom. The second kappa shape index (κ2) is 9.29. The van der Waals surface area contributed by atoms with Crippen molar-refractivity contribution >= 4 is 17.3 Å². The molecule has 0 radical (unpaired) electrons. The minimum Gasteiger partial charge on any atom is -0.496 e. The van der Waals surface area contributed by atoms with Crippen molar-refractivity contribution in [1.29, 1.82) is 0 Å². The molecule has 0 unspecified atom stereocenters. The standard InChI is InChI=1S/C21H24N4O4/c1-15(22-23-21(26)17-6-5-7-19(13-17)25(27)28)16-8-9-20(29-2)18(12-16)14-24-10-3-4-11-24/h5-9,12-13H,3-4,10-11,14H2,1-2H3,(H,23,26)/b22-15-. The number of hydrazone groups is 1. The molecular weight excluding hydrogens is 372 g/mol. The average molecular weight is 396 g/mol. The number of non-ortho nitro benzene ring substituents is 1. The van der Waals surface area contributed by atoms with E-state index in [2.05, 4.69) is 15.4 Å². The van der Waals surface area contributed by atoms with Crippen LogP contribution in [-0.4, -0.2) is 41.6 Å². The SMILES string of the molecule is COc1ccc(/C(C)=N\NC(=O)c2cccc([N+](=O)[O-])c2)cc1CN1CCCC1. The summed E-state index contributed by atoms with van der Waals surface area (Å²) >= 11 is 0. The summed E-state index contributed by atoms with van der Waals surface area (Å²) in [6.45, 7) is 4.78. The summed E-state index contributed by atoms with van der Waals surface area (Å²) in [5, 5.41) is 15.0. The van der Waals surface area contributed by atoms with Gasteiger partial charge in [-0.25, -0.2) is 5.43 Å². The summed E-state index contributed by atoms with van der Waals surface area (Å²) in [7, 11) is 1.66. The van der Waals surface area contributed by atoms with Gasteiger partial charge in [-0.2, -0.15) is 5.10 Å². The summed E-state index contributed by atoms with van der Waals surface area (Å²) in [5.41, 5.74) is 5.09. The number of likely N-dealkylation sites (tertiary alicyclic amines) is 1. The Hall–Kier alpha value is -3.26. The molecule has 2 aromatic carbocycles. The number of hydrogen-bond donors (Lipinski definition) is 1. The molecular formula is C21H24N4O4. The minimum atomic E-state index is -0.537. The van der Waals surface area contributed by atoms with E-state index in [0.29, 0.717) is 5.71 Å². The predicted octanol–water partition coefficient (Wildman–Crippen LogP) is 3.35. The van der Waals surface area contributed by atoms with Gasteiger partial charge in [0.15, 0.2) is 0 Å². The number of benzene rings is 2. The zero-order valence-corrected chi connectivity index (χ0v) is 16.6. The lowest BCUT2D eigenvalue weighted by molar-refractivity contribution is -0.384. The van der Waals surface area contributed by atoms with E-state index in [-0.39, 0.29) is 11.3 Å². The molecule has 1 N–H and O–H groups in total. The van der Waals surface area contributed by atoms with Crippen LogP contribution in [0.1, 0.15) is 41.3 Å². The van der Waals surface area contributed by atoms with E-state index < -0.39 is 10.8 Å². The smallest absolute Gasteiger partial charge is 0.271 e. The van der Waals surface area contributed by atoms with E-state index in [1.165, 1.54) is 37.1 Å². The Bertz CT molecular complexity index is 936. The molecule has 1 aliphatic rings. The number of methoxy groups -OCH3 is 1. The maximum Gasteiger partial charge on any atom is 0.271 e. The highest BCUT2D eigenvalue weighted by atomic mass is 16.6. The number of nitrogens with zero attached hydrogens (tertiary/aromatic N) is 3. The second-order valence-electron chi connectivity index (χ2n) is 6.96. The van der Waals surface area contributed by atoms with Crippen LogP contribution in [0, 0.1) is 10.1 Å². The topological polar surface area (TPSA) is 97.1 Å². The number of nitro groups is 1. The van der Waals surface area contributed by atoms with Gasteiger partial charge in [-0.05, 0) is 62.7 Å². The van der Waals surface area contributed by atoms with Crippen molar-refractivity contribution in [2.75, 3.05) is 20.2 Å². The van der Waals surface area contributed by atoms with Crippen molar-refractivity contribution < 1.29 is 14.5 Å². The highest BCUT2D eigenvalue weighted by molar-refractivity contribution is 6.01. The fraction of sp³-hybridized carbons (Fsp3) is 0.333. The van der Waals surface area contributed by atoms with Crippen LogP contribution in [-0.2, 0) is 6.54 Å². The first-order chi connectivity index (χ1) is 14.0. The molecule has 0 atom stereocenters. The third kappa shape index (κ3) is 5.17. The number of rotatable bonds is 7. The molecule has 29 heavy (non-hydrogen) atoms. The summed E-state index contributed by atoms with van der Waals surface area (Å²) < 4.78 is 5.49. The molecule has 0 saturated carbocycles. The van der Waals surface area contributed by atoms with Crippen molar-refractivity contribution in [3.05, 3.63) is 69.3 Å². The highest BCUT2D eigenvalue weighted by Gasteiger charge is 2.15. The van der Waals surface area contributed by atoms with E-state index in [0.717, 1.165) is 36.5 Å². The predicted molar refractivity (Wildman–Crippen MR) is 110 cm³/mol. The number of nitro benzene ring substituents is 1. The van der Waals surface area contributed by atoms with Gasteiger partial charge in [0.25, 0.3) is 11.6 Å². The molecule has 1 saturated heterocycles. The number of carbonyl (C=O) groups excluding carboxylic acids is 1. The van der Waals surface area contributed by atoms with Gasteiger partial charge in [-0.1, -0.05) is 6.07 Å². The van der Waals surface area contributed by atoms with Crippen LogP contribution in [0.3, 0.4) is 0 Å². The van der Waals surface area contributed by atoms with Gasteiger partial charge >= 0.3 is 0 Å². The van der Waals surface area contributed by atoms with E-state index in [4.69, 9.17) is 4.74 Å². The van der Waals surface area contributed by atoms with Crippen molar-refractivity contribution in [3.8, 4) is 5.75 Å². The molecule has 0 spiro atoms. The molecule has 0 aromatic heterocycles. The largest absolute Gasteiger partial charge is 0.496 e. The molecule has 1 heterocycles. The maximum atomic E-state index is 12.3. The van der Waals surface area contributed by atoms with Crippen molar-refractivity contribution in [2.24, 2.45) is 5.10 Å². The monoisotopic (exact) mass is 396 g/mol. The van der Waals surface area contributed by atoms with Gasteiger partial charge in [-0.15, -0.1) is 0 Å². The van der Waals surface area contributed by atoms with Gasteiger partial charge in [0.2, 0.25) is 0 Å². The highest BCUT2D eigenvalue weighted by Crippen LogP contribution is 2.24. The molecule has 2 aromatic rings. The molecule has 3 rings (SSSR count). The average Bonchev–Trinajstić information content (AvgIpc) is 3.24. The summed E-state index contributed by atoms with van der Waals surface area (Å²) in [5.74, 6) is 0.327. The Labute approximate surface area is 169 Å². The molecule has 1 amide bonds. The number of ether oxygens (including phenoxy) is 1. The van der Waals surface area contributed by atoms with Gasteiger partial charge in [0, 0.05) is 29.8 Å². The number of hydrogen-bond acceptors (Lipinski definition) is 6. The minimum absolute atomic E-state index is 0.139. The Morgan fingerprint density at radius 2 is 1.97 bits per heavy atom. The molecule has 8 heteroatoms. The van der Waals surface area contributed by atoms with Crippen LogP contribution >= 0.6 is 0 Å². The van der Waals surface area contributed by atoms with Crippen LogP contribution in [0.15, 0.2) is 47.6 Å². The fourth-order valence-electron chi connectivity index (χ4n) is 3.33. The van der Waals surface area contributed by atoms with Gasteiger partial charge < -0.3 is 4.74 Å². The first kappa shape index (κ1) is 20.5. The first-order valence-electron chi connectivity index (χ1n) is 9.46. The van der Waals surface area contributed by atoms with Crippen molar-refractivity contribution in [1.82, 2.24) is 10.3 Å². The zero-order chi connectivity index (χ0) is 20.8. The van der Waals surface area contributed by atoms with Gasteiger partial charge in [0.1, 0.15) is 5.75 Å². The number of nitrogens with one attached hydrogen (secondary N) is 1. The lowest BCUT2D eigenvalue weighted by Crippen LogP contribution is -2.20. The third-order valence-electron chi connectivity index (χ3n) is 4.94. The molecule has 1 aliphatic heterocycles. The van der Waals surface area contributed by atoms with Crippen LogP contribution in [0.5, 0.6) is 5.75 Å².